The smallest absolute Gasteiger partial charge is 0.239 e. The van der Waals surface area contributed by atoms with Crippen LogP contribution in [0.15, 0.2) is 24.3 Å². The summed E-state index contributed by atoms with van der Waals surface area (Å²) in [6.07, 6.45) is 2.67. The monoisotopic (exact) mass is 403 g/mol. The molecule has 26 heavy (non-hydrogen) atoms. The zero-order valence-corrected chi connectivity index (χ0v) is 17.0. The van der Waals surface area contributed by atoms with Crippen LogP contribution in [0, 0.1) is 5.92 Å². The van der Waals surface area contributed by atoms with E-state index in [4.69, 9.17) is 4.74 Å². The molecule has 0 radical (unpaired) electrons. The van der Waals surface area contributed by atoms with Gasteiger partial charge in [0.2, 0.25) is 5.91 Å². The molecule has 3 rings (SSSR count). The second kappa shape index (κ2) is 11.8. The van der Waals surface area contributed by atoms with Gasteiger partial charge in [-0.05, 0) is 36.4 Å². The van der Waals surface area contributed by atoms with Crippen LogP contribution in [0.4, 0.5) is 0 Å². The predicted molar refractivity (Wildman–Crippen MR) is 109 cm³/mol. The molecule has 2 atom stereocenters. The number of ether oxygens (including phenoxy) is 1. The van der Waals surface area contributed by atoms with Crippen LogP contribution in [0.2, 0.25) is 0 Å². The van der Waals surface area contributed by atoms with Crippen LogP contribution in [0.1, 0.15) is 30.9 Å². The number of rotatable bonds is 5. The second-order valence-corrected chi connectivity index (χ2v) is 7.10. The highest BCUT2D eigenvalue weighted by Gasteiger charge is 2.20. The summed E-state index contributed by atoms with van der Waals surface area (Å²) in [5.41, 5.74) is 2.48. The molecule has 148 valence electrons. The third-order valence-electron chi connectivity index (χ3n) is 4.88. The second-order valence-electron chi connectivity index (χ2n) is 7.10. The lowest BCUT2D eigenvalue weighted by Crippen LogP contribution is -2.51. The van der Waals surface area contributed by atoms with E-state index in [1.54, 1.807) is 0 Å². The number of halogens is 2. The summed E-state index contributed by atoms with van der Waals surface area (Å²) >= 11 is 0. The van der Waals surface area contributed by atoms with Gasteiger partial charge in [-0.3, -0.25) is 9.69 Å². The lowest BCUT2D eigenvalue weighted by atomic mass is 9.99. The van der Waals surface area contributed by atoms with Crippen LogP contribution in [-0.2, 0) is 22.6 Å². The molecule has 2 N–H and O–H groups in total. The van der Waals surface area contributed by atoms with Gasteiger partial charge in [-0.25, -0.2) is 0 Å². The Morgan fingerprint density at radius 2 is 2.00 bits per heavy atom. The van der Waals surface area contributed by atoms with Gasteiger partial charge in [0.05, 0.1) is 13.2 Å². The Hall–Kier alpha value is -0.850. The van der Waals surface area contributed by atoms with Crippen molar-refractivity contribution in [2.75, 3.05) is 32.8 Å². The van der Waals surface area contributed by atoms with Gasteiger partial charge in [0.15, 0.2) is 0 Å². The molecule has 0 aliphatic carbocycles. The zero-order chi connectivity index (χ0) is 16.8. The quantitative estimate of drug-likeness (QED) is 0.791. The van der Waals surface area contributed by atoms with Gasteiger partial charge in [0, 0.05) is 26.2 Å². The molecule has 2 fully saturated rings. The summed E-state index contributed by atoms with van der Waals surface area (Å²) in [7, 11) is 0. The van der Waals surface area contributed by atoms with E-state index in [9.17, 15) is 4.79 Å². The molecule has 5 nitrogen and oxygen atoms in total. The summed E-state index contributed by atoms with van der Waals surface area (Å²) in [4.78, 5) is 14.6. The number of likely N-dealkylation sites (tertiary alicyclic amines) is 1. The van der Waals surface area contributed by atoms with Crippen LogP contribution in [0.5, 0.6) is 0 Å². The van der Waals surface area contributed by atoms with Crippen molar-refractivity contribution in [1.82, 2.24) is 15.5 Å². The fourth-order valence-corrected chi connectivity index (χ4v) is 3.50. The maximum atomic E-state index is 12.1. The number of carbonyl (C=O) groups is 1. The SMILES string of the molecule is CC1CCCN(Cc2ccc(CNC(=O)C3COCCN3)cc2)C1.Cl.Cl. The summed E-state index contributed by atoms with van der Waals surface area (Å²) < 4.78 is 5.32. The molecule has 0 spiro atoms. The zero-order valence-electron chi connectivity index (χ0n) is 15.4. The molecule has 2 aliphatic heterocycles. The lowest BCUT2D eigenvalue weighted by Gasteiger charge is -2.30. The van der Waals surface area contributed by atoms with Gasteiger partial charge in [0.25, 0.3) is 0 Å². The maximum Gasteiger partial charge on any atom is 0.239 e. The summed E-state index contributed by atoms with van der Waals surface area (Å²) in [5.74, 6) is 0.826. The molecule has 0 aromatic heterocycles. The van der Waals surface area contributed by atoms with Gasteiger partial charge >= 0.3 is 0 Å². The van der Waals surface area contributed by atoms with Crippen LogP contribution < -0.4 is 10.6 Å². The Labute approximate surface area is 169 Å². The average Bonchev–Trinajstić information content (AvgIpc) is 2.62. The van der Waals surface area contributed by atoms with Crippen molar-refractivity contribution in [3.05, 3.63) is 35.4 Å². The van der Waals surface area contributed by atoms with E-state index in [2.05, 4.69) is 46.7 Å². The molecule has 0 saturated carbocycles. The van der Waals surface area contributed by atoms with E-state index in [-0.39, 0.29) is 36.8 Å². The van der Waals surface area contributed by atoms with Gasteiger partial charge in [-0.15, -0.1) is 24.8 Å². The van der Waals surface area contributed by atoms with E-state index in [1.165, 1.54) is 31.5 Å². The highest BCUT2D eigenvalue weighted by molar-refractivity contribution is 5.85. The number of nitrogens with one attached hydrogen (secondary N) is 2. The van der Waals surface area contributed by atoms with Crippen molar-refractivity contribution in [3.63, 3.8) is 0 Å². The number of hydrogen-bond acceptors (Lipinski definition) is 4. The Morgan fingerprint density at radius 3 is 2.65 bits per heavy atom. The number of piperidine rings is 1. The number of hydrogen-bond donors (Lipinski definition) is 2. The van der Waals surface area contributed by atoms with Crippen molar-refractivity contribution in [2.24, 2.45) is 5.92 Å². The van der Waals surface area contributed by atoms with E-state index < -0.39 is 0 Å². The van der Waals surface area contributed by atoms with Crippen molar-refractivity contribution in [2.45, 2.75) is 38.9 Å². The first-order valence-electron chi connectivity index (χ1n) is 9.10. The van der Waals surface area contributed by atoms with Crippen LogP contribution in [0.3, 0.4) is 0 Å². The Bertz CT molecular complexity index is 536. The Balaban J connectivity index is 0.00000169. The highest BCUT2D eigenvalue weighted by atomic mass is 35.5. The highest BCUT2D eigenvalue weighted by Crippen LogP contribution is 2.18. The Kier molecular flexibility index (Phi) is 10.5. The minimum Gasteiger partial charge on any atom is -0.378 e. The summed E-state index contributed by atoms with van der Waals surface area (Å²) in [6.45, 7) is 8.22. The molecule has 1 aromatic rings. The van der Waals surface area contributed by atoms with E-state index in [0.29, 0.717) is 19.8 Å². The molecule has 2 heterocycles. The first-order chi connectivity index (χ1) is 11.7. The number of carbonyl (C=O) groups excluding carboxylic acids is 1. The largest absolute Gasteiger partial charge is 0.378 e. The third-order valence-corrected chi connectivity index (χ3v) is 4.88. The number of amides is 1. The first-order valence-corrected chi connectivity index (χ1v) is 9.10. The van der Waals surface area contributed by atoms with E-state index in [0.717, 1.165) is 24.6 Å². The molecule has 0 bridgehead atoms. The average molecular weight is 404 g/mol. The summed E-state index contributed by atoms with van der Waals surface area (Å²) in [5, 5.41) is 6.15. The standard InChI is InChI=1S/C19H29N3O2.2ClH/c1-15-3-2-9-22(12-15)13-17-6-4-16(5-7-17)11-21-19(23)18-14-24-10-8-20-18;;/h4-7,15,18,20H,2-3,8-14H2,1H3,(H,21,23);2*1H. The summed E-state index contributed by atoms with van der Waals surface area (Å²) in [6, 6.07) is 8.38. The van der Waals surface area contributed by atoms with Gasteiger partial charge in [0.1, 0.15) is 6.04 Å². The van der Waals surface area contributed by atoms with Crippen molar-refractivity contribution < 1.29 is 9.53 Å². The number of nitrogens with zero attached hydrogens (tertiary/aromatic N) is 1. The molecule has 7 heteroatoms. The Morgan fingerprint density at radius 1 is 1.27 bits per heavy atom. The van der Waals surface area contributed by atoms with Crippen molar-refractivity contribution in [3.8, 4) is 0 Å². The van der Waals surface area contributed by atoms with Crippen LogP contribution >= 0.6 is 24.8 Å². The molecule has 1 amide bonds. The van der Waals surface area contributed by atoms with E-state index >= 15 is 0 Å². The normalized spacial score (nSPS) is 23.4. The minimum absolute atomic E-state index is 0. The number of morpholine rings is 1. The third kappa shape index (κ3) is 7.05. The van der Waals surface area contributed by atoms with Crippen LogP contribution in [-0.4, -0.2) is 49.7 Å². The molecule has 2 aliphatic rings. The lowest BCUT2D eigenvalue weighted by molar-refractivity contribution is -0.126. The first kappa shape index (κ1) is 23.2. The van der Waals surface area contributed by atoms with Crippen LogP contribution in [0.25, 0.3) is 0 Å². The molecular formula is C19H31Cl2N3O2. The minimum atomic E-state index is -0.223. The molecule has 2 saturated heterocycles. The van der Waals surface area contributed by atoms with Gasteiger partial charge in [-0.2, -0.15) is 0 Å². The van der Waals surface area contributed by atoms with E-state index in [1.807, 2.05) is 0 Å². The molecule has 1 aromatic carbocycles. The maximum absolute atomic E-state index is 12.1. The molecular weight excluding hydrogens is 373 g/mol. The predicted octanol–water partition coefficient (Wildman–Crippen LogP) is 2.37. The fraction of sp³-hybridized carbons (Fsp3) is 0.632. The van der Waals surface area contributed by atoms with Crippen molar-refractivity contribution in [1.29, 1.82) is 0 Å². The molecule has 2 unspecified atom stereocenters. The number of benzene rings is 1. The fourth-order valence-electron chi connectivity index (χ4n) is 3.50. The van der Waals surface area contributed by atoms with Crippen molar-refractivity contribution >= 4 is 30.7 Å². The van der Waals surface area contributed by atoms with Gasteiger partial charge in [-0.1, -0.05) is 31.2 Å². The van der Waals surface area contributed by atoms with Gasteiger partial charge < -0.3 is 15.4 Å². The topological polar surface area (TPSA) is 53.6 Å².